The molecule has 0 aliphatic heterocycles. The van der Waals surface area contributed by atoms with Crippen LogP contribution in [0.5, 0.6) is 0 Å². The Bertz CT molecular complexity index is 569. The maximum Gasteiger partial charge on any atom is 0.293 e. The van der Waals surface area contributed by atoms with Crippen molar-refractivity contribution in [3.05, 3.63) is 27.8 Å². The molecule has 0 saturated heterocycles. The zero-order valence-corrected chi connectivity index (χ0v) is 11.2. The third-order valence-electron chi connectivity index (χ3n) is 2.42. The molecule has 1 rings (SSSR count). The number of nitrogens with one attached hydrogen (secondary N) is 2. The molecule has 0 aliphatic carbocycles. The van der Waals surface area contributed by atoms with Gasteiger partial charge in [0.2, 0.25) is 10.0 Å². The molecule has 0 spiro atoms. The van der Waals surface area contributed by atoms with E-state index in [0.29, 0.717) is 17.8 Å². The zero-order chi connectivity index (χ0) is 13.9. The van der Waals surface area contributed by atoms with Crippen molar-refractivity contribution in [3.8, 4) is 0 Å². The standard InChI is InChI=1S/C10H15N3O4S/c1-4-12-8-5-7(2)10(18(16,17)11-3)6-9(8)13(14)15/h5-6,11-12H,4H2,1-3H3. The highest BCUT2D eigenvalue weighted by Crippen LogP contribution is 2.30. The maximum atomic E-state index is 11.7. The third kappa shape index (κ3) is 2.77. The number of nitro benzene ring substituents is 1. The first-order valence-electron chi connectivity index (χ1n) is 5.30. The number of anilines is 1. The minimum absolute atomic E-state index is 0.0849. The summed E-state index contributed by atoms with van der Waals surface area (Å²) in [6.45, 7) is 3.91. The monoisotopic (exact) mass is 273 g/mol. The normalized spacial score (nSPS) is 11.3. The van der Waals surface area contributed by atoms with Crippen molar-refractivity contribution in [3.63, 3.8) is 0 Å². The average Bonchev–Trinajstić information content (AvgIpc) is 2.28. The van der Waals surface area contributed by atoms with Gasteiger partial charge < -0.3 is 5.32 Å². The van der Waals surface area contributed by atoms with E-state index in [9.17, 15) is 18.5 Å². The number of sulfonamides is 1. The van der Waals surface area contributed by atoms with Crippen molar-refractivity contribution in [1.29, 1.82) is 0 Å². The van der Waals surface area contributed by atoms with Gasteiger partial charge in [-0.25, -0.2) is 13.1 Å². The molecule has 0 heterocycles. The van der Waals surface area contributed by atoms with Crippen LogP contribution in [-0.4, -0.2) is 26.9 Å². The second-order valence-corrected chi connectivity index (χ2v) is 5.48. The highest BCUT2D eigenvalue weighted by molar-refractivity contribution is 7.89. The summed E-state index contributed by atoms with van der Waals surface area (Å²) in [6, 6.07) is 2.53. The van der Waals surface area contributed by atoms with Crippen LogP contribution < -0.4 is 10.0 Å². The Hall–Kier alpha value is -1.67. The van der Waals surface area contributed by atoms with Crippen LogP contribution in [0.15, 0.2) is 17.0 Å². The van der Waals surface area contributed by atoms with E-state index in [2.05, 4.69) is 10.0 Å². The highest BCUT2D eigenvalue weighted by atomic mass is 32.2. The van der Waals surface area contributed by atoms with E-state index in [1.165, 1.54) is 13.1 Å². The Morgan fingerprint density at radius 1 is 1.39 bits per heavy atom. The number of nitro groups is 1. The van der Waals surface area contributed by atoms with Crippen molar-refractivity contribution in [2.24, 2.45) is 0 Å². The molecule has 0 amide bonds. The van der Waals surface area contributed by atoms with Crippen molar-refractivity contribution >= 4 is 21.4 Å². The summed E-state index contributed by atoms with van der Waals surface area (Å²) >= 11 is 0. The lowest BCUT2D eigenvalue weighted by Crippen LogP contribution is -2.20. The van der Waals surface area contributed by atoms with Crippen LogP contribution in [0.4, 0.5) is 11.4 Å². The van der Waals surface area contributed by atoms with Crippen LogP contribution in [0.2, 0.25) is 0 Å². The van der Waals surface area contributed by atoms with Gasteiger partial charge in [0.05, 0.1) is 9.82 Å². The maximum absolute atomic E-state index is 11.7. The largest absolute Gasteiger partial charge is 0.380 e. The van der Waals surface area contributed by atoms with Gasteiger partial charge in [-0.1, -0.05) is 0 Å². The number of nitrogens with zero attached hydrogens (tertiary/aromatic N) is 1. The molecule has 0 unspecified atom stereocenters. The van der Waals surface area contributed by atoms with Crippen LogP contribution in [0.3, 0.4) is 0 Å². The number of aryl methyl sites for hydroxylation is 1. The van der Waals surface area contributed by atoms with Crippen molar-refractivity contribution in [2.45, 2.75) is 18.7 Å². The van der Waals surface area contributed by atoms with Gasteiger partial charge in [-0.2, -0.15) is 0 Å². The van der Waals surface area contributed by atoms with Gasteiger partial charge in [0.15, 0.2) is 0 Å². The van der Waals surface area contributed by atoms with Crippen molar-refractivity contribution in [1.82, 2.24) is 4.72 Å². The molecular formula is C10H15N3O4S. The predicted octanol–water partition coefficient (Wildman–Crippen LogP) is 1.24. The summed E-state index contributed by atoms with van der Waals surface area (Å²) in [7, 11) is -2.44. The van der Waals surface area contributed by atoms with Gasteiger partial charge in [-0.05, 0) is 32.5 Å². The molecule has 0 aromatic heterocycles. The van der Waals surface area contributed by atoms with Gasteiger partial charge >= 0.3 is 0 Å². The number of benzene rings is 1. The summed E-state index contributed by atoms with van der Waals surface area (Å²) in [5.41, 5.74) is 0.511. The molecule has 0 radical (unpaired) electrons. The zero-order valence-electron chi connectivity index (χ0n) is 10.4. The molecule has 0 aliphatic rings. The van der Waals surface area contributed by atoms with E-state index in [4.69, 9.17) is 0 Å². The summed E-state index contributed by atoms with van der Waals surface area (Å²) in [5, 5.41) is 13.8. The van der Waals surface area contributed by atoms with Crippen molar-refractivity contribution in [2.75, 3.05) is 18.9 Å². The Morgan fingerprint density at radius 2 is 2.00 bits per heavy atom. The minimum Gasteiger partial charge on any atom is -0.380 e. The summed E-state index contributed by atoms with van der Waals surface area (Å²) in [6.07, 6.45) is 0. The molecule has 0 saturated carbocycles. The Balaban J connectivity index is 3.50. The molecule has 1 aromatic rings. The predicted molar refractivity (Wildman–Crippen MR) is 68.2 cm³/mol. The fourth-order valence-corrected chi connectivity index (χ4v) is 2.53. The van der Waals surface area contributed by atoms with E-state index < -0.39 is 14.9 Å². The van der Waals surface area contributed by atoms with Gasteiger partial charge in [0.25, 0.3) is 5.69 Å². The molecule has 1 aromatic carbocycles. The topological polar surface area (TPSA) is 101 Å². The van der Waals surface area contributed by atoms with Crippen molar-refractivity contribution < 1.29 is 13.3 Å². The average molecular weight is 273 g/mol. The molecule has 8 heteroatoms. The van der Waals surface area contributed by atoms with Crippen LogP contribution >= 0.6 is 0 Å². The van der Waals surface area contributed by atoms with Crippen LogP contribution in [0.1, 0.15) is 12.5 Å². The molecule has 2 N–H and O–H groups in total. The summed E-state index contributed by atoms with van der Waals surface area (Å²) < 4.78 is 25.6. The van der Waals surface area contributed by atoms with Gasteiger partial charge in [-0.15, -0.1) is 0 Å². The molecule has 18 heavy (non-hydrogen) atoms. The SMILES string of the molecule is CCNc1cc(C)c(S(=O)(=O)NC)cc1[N+](=O)[O-]. The minimum atomic E-state index is -3.70. The fraction of sp³-hybridized carbons (Fsp3) is 0.400. The smallest absolute Gasteiger partial charge is 0.293 e. The quantitative estimate of drug-likeness (QED) is 0.621. The molecule has 100 valence electrons. The second-order valence-electron chi connectivity index (χ2n) is 3.63. The molecule has 0 atom stereocenters. The van der Waals surface area contributed by atoms with Gasteiger partial charge in [-0.3, -0.25) is 10.1 Å². The van der Waals surface area contributed by atoms with Gasteiger partial charge in [0, 0.05) is 12.6 Å². The lowest BCUT2D eigenvalue weighted by atomic mass is 10.2. The first-order chi connectivity index (χ1) is 8.33. The number of rotatable bonds is 5. The highest BCUT2D eigenvalue weighted by Gasteiger charge is 2.22. The lowest BCUT2D eigenvalue weighted by Gasteiger charge is -2.10. The van der Waals surface area contributed by atoms with E-state index in [-0.39, 0.29) is 10.6 Å². The number of hydrogen-bond acceptors (Lipinski definition) is 5. The van der Waals surface area contributed by atoms with E-state index in [1.54, 1.807) is 13.8 Å². The summed E-state index contributed by atoms with van der Waals surface area (Å²) in [4.78, 5) is 10.2. The summed E-state index contributed by atoms with van der Waals surface area (Å²) in [5.74, 6) is 0. The third-order valence-corrected chi connectivity index (χ3v) is 3.97. The van der Waals surface area contributed by atoms with E-state index in [1.807, 2.05) is 0 Å². The first-order valence-corrected chi connectivity index (χ1v) is 6.78. The van der Waals surface area contributed by atoms with Crippen LogP contribution in [0, 0.1) is 17.0 Å². The van der Waals surface area contributed by atoms with E-state index >= 15 is 0 Å². The Labute approximate surface area is 105 Å². The molecule has 7 nitrogen and oxygen atoms in total. The lowest BCUT2D eigenvalue weighted by molar-refractivity contribution is -0.384. The van der Waals surface area contributed by atoms with Gasteiger partial charge in [0.1, 0.15) is 5.69 Å². The Morgan fingerprint density at radius 3 is 2.44 bits per heavy atom. The molecular weight excluding hydrogens is 258 g/mol. The Kier molecular flexibility index (Phi) is 4.25. The first kappa shape index (κ1) is 14.4. The van der Waals surface area contributed by atoms with E-state index in [0.717, 1.165) is 6.07 Å². The number of hydrogen-bond donors (Lipinski definition) is 2. The second kappa shape index (κ2) is 5.32. The van der Waals surface area contributed by atoms with Crippen LogP contribution in [-0.2, 0) is 10.0 Å². The van der Waals surface area contributed by atoms with Crippen LogP contribution in [0.25, 0.3) is 0 Å². The molecule has 0 fully saturated rings. The fourth-order valence-electron chi connectivity index (χ4n) is 1.56. The molecule has 0 bridgehead atoms.